The van der Waals surface area contributed by atoms with Gasteiger partial charge in [0.05, 0.1) is 11.0 Å². The number of nitrogens with one attached hydrogen (secondary N) is 1. The number of hydrogen-bond acceptors (Lipinski definition) is 6. The van der Waals surface area contributed by atoms with Gasteiger partial charge in [-0.05, 0) is 43.5 Å². The Morgan fingerprint density at radius 3 is 2.26 bits per heavy atom. The summed E-state index contributed by atoms with van der Waals surface area (Å²) in [6.45, 7) is 6.21. The lowest BCUT2D eigenvalue weighted by Crippen LogP contribution is -2.28. The van der Waals surface area contributed by atoms with E-state index in [1.807, 2.05) is 23.6 Å². The lowest BCUT2D eigenvalue weighted by molar-refractivity contribution is -0.384. The zero-order valence-corrected chi connectivity index (χ0v) is 24.2. The predicted molar refractivity (Wildman–Crippen MR) is 157 cm³/mol. The first kappa shape index (κ1) is 30.3. The van der Waals surface area contributed by atoms with E-state index in [1.54, 1.807) is 23.9 Å². The smallest absolute Gasteiger partial charge is 0.269 e. The molecule has 1 N–H and O–H groups in total. The lowest BCUT2D eigenvalue weighted by atomic mass is 10.1. The second-order valence-electron chi connectivity index (χ2n) is 10.0. The normalized spacial score (nSPS) is 11.9. The second kappa shape index (κ2) is 16.0. The van der Waals surface area contributed by atoms with Crippen molar-refractivity contribution in [1.82, 2.24) is 20.1 Å². The van der Waals surface area contributed by atoms with Crippen molar-refractivity contribution in [3.05, 3.63) is 75.6 Å². The van der Waals surface area contributed by atoms with Crippen molar-refractivity contribution in [2.75, 3.05) is 0 Å². The highest BCUT2D eigenvalue weighted by Crippen LogP contribution is 2.29. The molecule has 0 aliphatic heterocycles. The second-order valence-corrected chi connectivity index (χ2v) is 11.0. The topological polar surface area (TPSA) is 103 Å². The highest BCUT2D eigenvalue weighted by molar-refractivity contribution is 7.98. The third-order valence-electron chi connectivity index (χ3n) is 6.87. The van der Waals surface area contributed by atoms with Gasteiger partial charge < -0.3 is 5.32 Å². The van der Waals surface area contributed by atoms with Crippen LogP contribution in [0.5, 0.6) is 0 Å². The molecule has 8 nitrogen and oxygen atoms in total. The first-order valence-electron chi connectivity index (χ1n) is 14.1. The van der Waals surface area contributed by atoms with Crippen molar-refractivity contribution in [2.45, 2.75) is 102 Å². The van der Waals surface area contributed by atoms with E-state index < -0.39 is 4.92 Å². The summed E-state index contributed by atoms with van der Waals surface area (Å²) in [4.78, 5) is 23.5. The zero-order chi connectivity index (χ0) is 28.0. The van der Waals surface area contributed by atoms with Crippen LogP contribution >= 0.6 is 11.8 Å². The van der Waals surface area contributed by atoms with Crippen LogP contribution in [-0.4, -0.2) is 25.6 Å². The number of thioether (sulfide) groups is 1. The quantitative estimate of drug-likeness (QED) is 0.0792. The van der Waals surface area contributed by atoms with Crippen LogP contribution < -0.4 is 5.32 Å². The van der Waals surface area contributed by atoms with Crippen LogP contribution in [0, 0.1) is 17.0 Å². The molecule has 0 saturated carbocycles. The molecular formula is C30H41N5O3S. The van der Waals surface area contributed by atoms with Crippen LogP contribution in [0.1, 0.15) is 101 Å². The number of nitro benzene ring substituents is 1. The van der Waals surface area contributed by atoms with Gasteiger partial charge in [0.2, 0.25) is 5.91 Å². The minimum atomic E-state index is -0.417. The number of hydrogen-bond donors (Lipinski definition) is 1. The Morgan fingerprint density at radius 2 is 1.62 bits per heavy atom. The van der Waals surface area contributed by atoms with E-state index >= 15 is 0 Å². The van der Waals surface area contributed by atoms with Crippen LogP contribution in [0.3, 0.4) is 0 Å². The van der Waals surface area contributed by atoms with Gasteiger partial charge in [0.1, 0.15) is 0 Å². The first-order valence-corrected chi connectivity index (χ1v) is 15.1. The zero-order valence-electron chi connectivity index (χ0n) is 23.4. The van der Waals surface area contributed by atoms with E-state index in [-0.39, 0.29) is 17.6 Å². The van der Waals surface area contributed by atoms with E-state index in [0.29, 0.717) is 28.8 Å². The SMILES string of the molecule is CCCCCCCCCCCC(=O)NC(C)c1nnc(SCc2ccccc2C)n1-c1ccc([N+](=O)[O-])cc1. The largest absolute Gasteiger partial charge is 0.346 e. The van der Waals surface area contributed by atoms with E-state index in [4.69, 9.17) is 0 Å². The molecule has 9 heteroatoms. The molecule has 210 valence electrons. The van der Waals surface area contributed by atoms with Crippen LogP contribution in [0.15, 0.2) is 53.7 Å². The number of rotatable bonds is 17. The molecule has 0 aliphatic carbocycles. The summed E-state index contributed by atoms with van der Waals surface area (Å²) in [5.41, 5.74) is 3.13. The number of benzene rings is 2. The van der Waals surface area contributed by atoms with Gasteiger partial charge in [-0.3, -0.25) is 19.5 Å². The van der Waals surface area contributed by atoms with Gasteiger partial charge in [-0.15, -0.1) is 10.2 Å². The molecule has 0 saturated heterocycles. The average Bonchev–Trinajstić information content (AvgIpc) is 3.36. The average molecular weight is 552 g/mol. The molecule has 1 heterocycles. The van der Waals surface area contributed by atoms with Crippen molar-refractivity contribution in [1.29, 1.82) is 0 Å². The van der Waals surface area contributed by atoms with Gasteiger partial charge in [0.15, 0.2) is 11.0 Å². The summed E-state index contributed by atoms with van der Waals surface area (Å²) in [6.07, 6.45) is 11.4. The standard InChI is InChI=1S/C30H41N5O3S/c1-4-5-6-7-8-9-10-11-12-17-28(36)31-24(3)29-32-33-30(39-22-25-16-14-13-15-23(25)2)34(29)26-18-20-27(21-19-26)35(37)38/h13-16,18-21,24H,4-12,17,22H2,1-3H3,(H,31,36). The van der Waals surface area contributed by atoms with Crippen LogP contribution in [0.25, 0.3) is 5.69 Å². The predicted octanol–water partition coefficient (Wildman–Crippen LogP) is 7.87. The highest BCUT2D eigenvalue weighted by atomic mass is 32.2. The highest BCUT2D eigenvalue weighted by Gasteiger charge is 2.22. The molecule has 3 aromatic rings. The van der Waals surface area contributed by atoms with Crippen LogP contribution in [0.2, 0.25) is 0 Å². The Balaban J connectivity index is 1.63. The van der Waals surface area contributed by atoms with Crippen molar-refractivity contribution < 1.29 is 9.72 Å². The van der Waals surface area contributed by atoms with Gasteiger partial charge >= 0.3 is 0 Å². The minimum Gasteiger partial charge on any atom is -0.346 e. The van der Waals surface area contributed by atoms with Crippen molar-refractivity contribution in [2.24, 2.45) is 0 Å². The number of nitrogens with zero attached hydrogens (tertiary/aromatic N) is 4. The fourth-order valence-electron chi connectivity index (χ4n) is 4.51. The molecule has 1 atom stereocenters. The number of aromatic nitrogens is 3. The minimum absolute atomic E-state index is 0.00203. The third-order valence-corrected chi connectivity index (χ3v) is 7.85. The fraction of sp³-hybridized carbons (Fsp3) is 0.500. The van der Waals surface area contributed by atoms with Crippen molar-refractivity contribution in [3.8, 4) is 5.69 Å². The number of aryl methyl sites for hydroxylation is 1. The molecule has 0 radical (unpaired) electrons. The molecule has 2 aromatic carbocycles. The summed E-state index contributed by atoms with van der Waals surface area (Å²) >= 11 is 1.55. The van der Waals surface area contributed by atoms with Crippen molar-refractivity contribution in [3.63, 3.8) is 0 Å². The molecule has 1 aromatic heterocycles. The van der Waals surface area contributed by atoms with E-state index in [0.717, 1.165) is 12.8 Å². The molecule has 0 bridgehead atoms. The molecule has 3 rings (SSSR count). The summed E-state index contributed by atoms with van der Waals surface area (Å²) in [5.74, 6) is 1.30. The van der Waals surface area contributed by atoms with Gasteiger partial charge in [0.25, 0.3) is 5.69 Å². The Hall–Kier alpha value is -3.20. The summed E-state index contributed by atoms with van der Waals surface area (Å²) < 4.78 is 1.89. The van der Waals surface area contributed by atoms with Crippen LogP contribution in [-0.2, 0) is 10.5 Å². The Morgan fingerprint density at radius 1 is 0.974 bits per heavy atom. The molecular weight excluding hydrogens is 510 g/mol. The number of nitro groups is 1. The number of unbranched alkanes of at least 4 members (excludes halogenated alkanes) is 8. The van der Waals surface area contributed by atoms with E-state index in [1.165, 1.54) is 68.2 Å². The van der Waals surface area contributed by atoms with Gasteiger partial charge in [-0.1, -0.05) is 94.3 Å². The third kappa shape index (κ3) is 9.49. The molecule has 0 spiro atoms. The monoisotopic (exact) mass is 551 g/mol. The maximum atomic E-state index is 12.7. The molecule has 39 heavy (non-hydrogen) atoms. The Labute approximate surface area is 236 Å². The first-order chi connectivity index (χ1) is 18.9. The maximum Gasteiger partial charge on any atom is 0.269 e. The van der Waals surface area contributed by atoms with Gasteiger partial charge in [-0.2, -0.15) is 0 Å². The Kier molecular flexibility index (Phi) is 12.5. The number of carbonyl (C=O) groups excluding carboxylic acids is 1. The summed E-state index contributed by atoms with van der Waals surface area (Å²) in [6, 6.07) is 14.2. The van der Waals surface area contributed by atoms with E-state index in [2.05, 4.69) is 41.5 Å². The number of amides is 1. The fourth-order valence-corrected chi connectivity index (χ4v) is 5.55. The lowest BCUT2D eigenvalue weighted by Gasteiger charge is -2.16. The van der Waals surface area contributed by atoms with Gasteiger partial charge in [-0.25, -0.2) is 0 Å². The number of non-ortho nitro benzene ring substituents is 1. The molecule has 1 unspecified atom stereocenters. The van der Waals surface area contributed by atoms with Gasteiger partial charge in [0, 0.05) is 30.0 Å². The van der Waals surface area contributed by atoms with Crippen LogP contribution in [0.4, 0.5) is 5.69 Å². The Bertz CT molecular complexity index is 1200. The van der Waals surface area contributed by atoms with E-state index in [9.17, 15) is 14.9 Å². The summed E-state index contributed by atoms with van der Waals surface area (Å²) in [5, 5.41) is 23.8. The molecule has 0 aliphatic rings. The molecule has 1 amide bonds. The summed E-state index contributed by atoms with van der Waals surface area (Å²) in [7, 11) is 0. The number of carbonyl (C=O) groups is 1. The molecule has 0 fully saturated rings. The maximum absolute atomic E-state index is 12.7. The van der Waals surface area contributed by atoms with Crippen molar-refractivity contribution >= 4 is 23.4 Å².